The van der Waals surface area contributed by atoms with Crippen molar-refractivity contribution in [2.45, 2.75) is 0 Å². The highest BCUT2D eigenvalue weighted by molar-refractivity contribution is 6.18. The van der Waals surface area contributed by atoms with Crippen LogP contribution < -0.4 is 0 Å². The van der Waals surface area contributed by atoms with E-state index in [2.05, 4.69) is 231 Å². The third kappa shape index (κ3) is 5.95. The molecule has 0 nitrogen and oxygen atoms in total. The van der Waals surface area contributed by atoms with E-state index in [1.807, 2.05) is 0 Å². The van der Waals surface area contributed by atoms with E-state index in [0.717, 1.165) is 0 Å². The molecule has 0 N–H and O–H groups in total. The molecule has 0 fully saturated rings. The second-order valence-electron chi connectivity index (χ2n) is 15.3. The Bertz CT molecular complexity index is 3300. The Labute approximate surface area is 339 Å². The average molecular weight is 735 g/mol. The summed E-state index contributed by atoms with van der Waals surface area (Å²) in [4.78, 5) is 0. The van der Waals surface area contributed by atoms with E-state index in [4.69, 9.17) is 0 Å². The van der Waals surface area contributed by atoms with Crippen molar-refractivity contribution >= 4 is 43.1 Å². The minimum absolute atomic E-state index is 1.20. The lowest BCUT2D eigenvalue weighted by Crippen LogP contribution is -1.91. The van der Waals surface area contributed by atoms with Crippen LogP contribution in [0.25, 0.3) is 110 Å². The first-order valence-electron chi connectivity index (χ1n) is 20.1. The summed E-state index contributed by atoms with van der Waals surface area (Å²) in [6.45, 7) is 0. The van der Waals surface area contributed by atoms with Crippen LogP contribution in [0.15, 0.2) is 231 Å². The van der Waals surface area contributed by atoms with Gasteiger partial charge in [0.1, 0.15) is 0 Å². The standard InChI is InChI=1S/C58H38/c1-4-15-39(16-5-1)50-30-28-46(36-54(50)41-17-6-2-7-18-41)45-27-31-51-48(33-45)38-58(52-26-14-24-40-21-12-13-25-49(40)52)57-37-47(29-32-53(51)57)56-35-44-23-11-10-22-43(44)34-55(56)42-19-8-3-9-20-42/h1-38H. The van der Waals surface area contributed by atoms with E-state index in [-0.39, 0.29) is 0 Å². The van der Waals surface area contributed by atoms with Gasteiger partial charge in [-0.3, -0.25) is 0 Å². The van der Waals surface area contributed by atoms with E-state index in [0.29, 0.717) is 0 Å². The SMILES string of the molecule is c1ccc(-c2ccc(-c3ccc4c(c3)cc(-c3cccc5ccccc35)c3cc(-c5cc6ccccc6cc5-c5ccccc5)ccc34)cc2-c2ccccc2)cc1. The second-order valence-corrected chi connectivity index (χ2v) is 15.3. The van der Waals surface area contributed by atoms with Gasteiger partial charge in [0.05, 0.1) is 0 Å². The molecule has 0 unspecified atom stereocenters. The van der Waals surface area contributed by atoms with Crippen LogP contribution in [-0.4, -0.2) is 0 Å². The third-order valence-electron chi connectivity index (χ3n) is 11.8. The predicted octanol–water partition coefficient (Wildman–Crippen LogP) is 16.3. The largest absolute Gasteiger partial charge is 0.0622 e. The number of hydrogen-bond donors (Lipinski definition) is 0. The highest BCUT2D eigenvalue weighted by Crippen LogP contribution is 2.44. The Morgan fingerprint density at radius 3 is 1.33 bits per heavy atom. The zero-order chi connectivity index (χ0) is 38.4. The normalized spacial score (nSPS) is 11.4. The van der Waals surface area contributed by atoms with Crippen molar-refractivity contribution in [2.75, 3.05) is 0 Å². The Kier molecular flexibility index (Phi) is 8.26. The molecule has 270 valence electrons. The summed E-state index contributed by atoms with van der Waals surface area (Å²) in [5.41, 5.74) is 14.7. The van der Waals surface area contributed by atoms with Crippen LogP contribution in [0.5, 0.6) is 0 Å². The number of rotatable bonds is 6. The zero-order valence-electron chi connectivity index (χ0n) is 31.9. The third-order valence-corrected chi connectivity index (χ3v) is 11.8. The van der Waals surface area contributed by atoms with Gasteiger partial charge in [0.2, 0.25) is 0 Å². The molecule has 11 aromatic carbocycles. The smallest absolute Gasteiger partial charge is 0.00926 e. The molecule has 0 aromatic heterocycles. The number of fused-ring (bicyclic) bond motifs is 5. The molecule has 11 aromatic rings. The van der Waals surface area contributed by atoms with Crippen molar-refractivity contribution < 1.29 is 0 Å². The number of hydrogen-bond acceptors (Lipinski definition) is 0. The van der Waals surface area contributed by atoms with Gasteiger partial charge in [0, 0.05) is 0 Å². The summed E-state index contributed by atoms with van der Waals surface area (Å²) in [6, 6.07) is 84.7. The number of benzene rings is 11. The Hall–Kier alpha value is -7.54. The van der Waals surface area contributed by atoms with Crippen LogP contribution in [0.2, 0.25) is 0 Å². The van der Waals surface area contributed by atoms with E-state index < -0.39 is 0 Å². The summed E-state index contributed by atoms with van der Waals surface area (Å²) < 4.78 is 0. The molecule has 58 heavy (non-hydrogen) atoms. The molecule has 0 amide bonds. The highest BCUT2D eigenvalue weighted by atomic mass is 14.2. The fourth-order valence-corrected chi connectivity index (χ4v) is 8.98. The molecule has 0 aliphatic heterocycles. The Morgan fingerprint density at radius 2 is 0.638 bits per heavy atom. The fraction of sp³-hybridized carbons (Fsp3) is 0. The summed E-state index contributed by atoms with van der Waals surface area (Å²) in [6.07, 6.45) is 0. The van der Waals surface area contributed by atoms with Crippen LogP contribution in [0.3, 0.4) is 0 Å². The van der Waals surface area contributed by atoms with Gasteiger partial charge < -0.3 is 0 Å². The first-order valence-corrected chi connectivity index (χ1v) is 20.1. The van der Waals surface area contributed by atoms with Crippen LogP contribution in [-0.2, 0) is 0 Å². The van der Waals surface area contributed by atoms with Crippen LogP contribution in [0, 0.1) is 0 Å². The van der Waals surface area contributed by atoms with Gasteiger partial charge >= 0.3 is 0 Å². The molecule has 0 radical (unpaired) electrons. The lowest BCUT2D eigenvalue weighted by atomic mass is 9.86. The van der Waals surface area contributed by atoms with E-state index in [1.54, 1.807) is 0 Å². The predicted molar refractivity (Wildman–Crippen MR) is 249 cm³/mol. The first kappa shape index (κ1) is 33.8. The van der Waals surface area contributed by atoms with Crippen molar-refractivity contribution in [2.24, 2.45) is 0 Å². The second kappa shape index (κ2) is 14.2. The van der Waals surface area contributed by atoms with Crippen molar-refractivity contribution in [3.8, 4) is 66.8 Å². The van der Waals surface area contributed by atoms with Crippen LogP contribution >= 0.6 is 0 Å². The first-order chi connectivity index (χ1) is 28.7. The van der Waals surface area contributed by atoms with E-state index in [1.165, 1.54) is 110 Å². The van der Waals surface area contributed by atoms with Crippen molar-refractivity contribution in [3.63, 3.8) is 0 Å². The molecule has 11 rings (SSSR count). The molecular weight excluding hydrogens is 697 g/mol. The maximum atomic E-state index is 2.44. The molecule has 0 bridgehead atoms. The lowest BCUT2D eigenvalue weighted by Gasteiger charge is -2.17. The minimum Gasteiger partial charge on any atom is -0.0622 e. The highest BCUT2D eigenvalue weighted by Gasteiger charge is 2.17. The lowest BCUT2D eigenvalue weighted by molar-refractivity contribution is 1.57. The molecular formula is C58H38. The van der Waals surface area contributed by atoms with Gasteiger partial charge in [0.25, 0.3) is 0 Å². The average Bonchev–Trinajstić information content (AvgIpc) is 3.31. The maximum Gasteiger partial charge on any atom is -0.00926 e. The Morgan fingerprint density at radius 1 is 0.155 bits per heavy atom. The van der Waals surface area contributed by atoms with Gasteiger partial charge in [-0.15, -0.1) is 0 Å². The maximum absolute atomic E-state index is 2.44. The van der Waals surface area contributed by atoms with Crippen LogP contribution in [0.4, 0.5) is 0 Å². The molecule has 0 heteroatoms. The quantitative estimate of drug-likeness (QED) is 0.149. The monoisotopic (exact) mass is 734 g/mol. The summed E-state index contributed by atoms with van der Waals surface area (Å²) >= 11 is 0. The molecule has 0 aliphatic rings. The molecule has 0 aliphatic carbocycles. The van der Waals surface area contributed by atoms with Gasteiger partial charge in [0.15, 0.2) is 0 Å². The topological polar surface area (TPSA) is 0 Å². The van der Waals surface area contributed by atoms with E-state index in [9.17, 15) is 0 Å². The van der Waals surface area contributed by atoms with Gasteiger partial charge in [-0.25, -0.2) is 0 Å². The fourth-order valence-electron chi connectivity index (χ4n) is 8.98. The van der Waals surface area contributed by atoms with E-state index >= 15 is 0 Å². The molecule has 0 spiro atoms. The molecule has 0 atom stereocenters. The summed E-state index contributed by atoms with van der Waals surface area (Å²) in [5.74, 6) is 0. The van der Waals surface area contributed by atoms with Gasteiger partial charge in [-0.1, -0.05) is 194 Å². The summed E-state index contributed by atoms with van der Waals surface area (Å²) in [7, 11) is 0. The van der Waals surface area contributed by atoms with Crippen molar-refractivity contribution in [1.82, 2.24) is 0 Å². The minimum atomic E-state index is 1.20. The van der Waals surface area contributed by atoms with Crippen LogP contribution in [0.1, 0.15) is 0 Å². The van der Waals surface area contributed by atoms with Gasteiger partial charge in [-0.2, -0.15) is 0 Å². The molecule has 0 saturated heterocycles. The summed E-state index contributed by atoms with van der Waals surface area (Å²) in [5, 5.41) is 9.96. The zero-order valence-corrected chi connectivity index (χ0v) is 31.9. The molecule has 0 saturated carbocycles. The Balaban J connectivity index is 1.14. The molecule has 0 heterocycles. The van der Waals surface area contributed by atoms with Crippen molar-refractivity contribution in [3.05, 3.63) is 231 Å². The van der Waals surface area contributed by atoms with Gasteiger partial charge in [-0.05, 0) is 146 Å². The van der Waals surface area contributed by atoms with Crippen molar-refractivity contribution in [1.29, 1.82) is 0 Å².